The molecule has 0 bridgehead atoms. The van der Waals surface area contributed by atoms with Crippen LogP contribution in [-0.2, 0) is 19.1 Å². The van der Waals surface area contributed by atoms with Gasteiger partial charge in [0.25, 0.3) is 0 Å². The normalized spacial score (nSPS) is 11.8. The predicted molar refractivity (Wildman–Crippen MR) is 246 cm³/mol. The number of guanidine groups is 1. The summed E-state index contributed by atoms with van der Waals surface area (Å²) < 4.78 is 11.4. The Morgan fingerprint density at radius 3 is 1.60 bits per heavy atom. The summed E-state index contributed by atoms with van der Waals surface area (Å²) in [6, 6.07) is 0. The molecule has 0 saturated heterocycles. The number of nitriles is 1. The van der Waals surface area contributed by atoms with Crippen LogP contribution in [0.25, 0.3) is 0 Å². The van der Waals surface area contributed by atoms with Gasteiger partial charge in [-0.2, -0.15) is 5.26 Å². The lowest BCUT2D eigenvalue weighted by Gasteiger charge is -2.23. The fraction of sp³-hybridized carbons (Fsp3) is 0.878. The molecule has 0 aromatic rings. The maximum absolute atomic E-state index is 12.8. The zero-order chi connectivity index (χ0) is 42.6. The lowest BCUT2D eigenvalue weighted by Crippen LogP contribution is -2.38. The molecule has 0 aromatic heterocycles. The number of hydrogen-bond donors (Lipinski definition) is 1. The van der Waals surface area contributed by atoms with Crippen molar-refractivity contribution >= 4 is 17.9 Å². The quantitative estimate of drug-likeness (QED) is 0.0162. The molecule has 338 valence electrons. The number of hydrogen-bond acceptors (Lipinski definition) is 7. The maximum Gasteiger partial charge on any atom is 0.306 e. The van der Waals surface area contributed by atoms with Crippen molar-refractivity contribution in [3.8, 4) is 6.19 Å². The van der Waals surface area contributed by atoms with E-state index in [1.807, 2.05) is 31.3 Å². The van der Waals surface area contributed by atoms with Crippen LogP contribution in [0.1, 0.15) is 226 Å². The third-order valence-corrected chi connectivity index (χ3v) is 11.0. The first kappa shape index (κ1) is 55.4. The molecule has 0 heterocycles. The summed E-state index contributed by atoms with van der Waals surface area (Å²) in [6.45, 7) is 11.1. The van der Waals surface area contributed by atoms with E-state index in [0.29, 0.717) is 25.4 Å². The van der Waals surface area contributed by atoms with Gasteiger partial charge in [-0.15, -0.1) is 4.99 Å². The molecule has 0 saturated carbocycles. The Labute approximate surface area is 358 Å². The summed E-state index contributed by atoms with van der Waals surface area (Å²) in [5.74, 6) is 0.524. The molecule has 0 aliphatic carbocycles. The third kappa shape index (κ3) is 38.9. The van der Waals surface area contributed by atoms with E-state index in [-0.39, 0.29) is 18.0 Å². The molecular formula is C49H93N5O4. The first-order valence-electron chi connectivity index (χ1n) is 24.5. The van der Waals surface area contributed by atoms with Gasteiger partial charge in [-0.3, -0.25) is 9.59 Å². The van der Waals surface area contributed by atoms with E-state index < -0.39 is 0 Å². The molecule has 0 aromatic carbocycles. The Balaban J connectivity index is 4.52. The predicted octanol–water partition coefficient (Wildman–Crippen LogP) is 12.8. The number of rotatable bonds is 42. The van der Waals surface area contributed by atoms with E-state index in [0.717, 1.165) is 103 Å². The Morgan fingerprint density at radius 2 is 1.07 bits per heavy atom. The van der Waals surface area contributed by atoms with E-state index in [9.17, 15) is 9.59 Å². The number of allylic oxidation sites excluding steroid dienone is 1. The van der Waals surface area contributed by atoms with Gasteiger partial charge >= 0.3 is 11.9 Å². The van der Waals surface area contributed by atoms with E-state index in [4.69, 9.17) is 14.7 Å². The van der Waals surface area contributed by atoms with Crippen LogP contribution in [0.5, 0.6) is 0 Å². The van der Waals surface area contributed by atoms with Crippen molar-refractivity contribution in [3.05, 3.63) is 12.2 Å². The van der Waals surface area contributed by atoms with Crippen LogP contribution < -0.4 is 5.32 Å². The molecule has 9 heteroatoms. The molecule has 0 aliphatic heterocycles. The number of unbranched alkanes of at least 4 members (excludes halogenated alkanes) is 22. The molecule has 0 amide bonds. The summed E-state index contributed by atoms with van der Waals surface area (Å²) in [4.78, 5) is 33.2. The molecule has 1 N–H and O–H groups in total. The van der Waals surface area contributed by atoms with Crippen molar-refractivity contribution in [1.29, 1.82) is 5.26 Å². The second kappa shape index (κ2) is 44.0. The summed E-state index contributed by atoms with van der Waals surface area (Å²) in [5, 5.41) is 12.3. The van der Waals surface area contributed by atoms with Crippen molar-refractivity contribution in [2.24, 2.45) is 4.99 Å². The zero-order valence-corrected chi connectivity index (χ0v) is 38.8. The number of nitrogens with zero attached hydrogens (tertiary/aromatic N) is 4. The van der Waals surface area contributed by atoms with E-state index in [1.165, 1.54) is 116 Å². The highest BCUT2D eigenvalue weighted by Crippen LogP contribution is 2.18. The smallest absolute Gasteiger partial charge is 0.306 e. The Hall–Kier alpha value is -2.60. The van der Waals surface area contributed by atoms with Crippen LogP contribution in [0, 0.1) is 11.5 Å². The summed E-state index contributed by atoms with van der Waals surface area (Å²) in [5.41, 5.74) is 0. The fourth-order valence-electron chi connectivity index (χ4n) is 7.35. The van der Waals surface area contributed by atoms with Crippen molar-refractivity contribution in [1.82, 2.24) is 15.1 Å². The van der Waals surface area contributed by atoms with Crippen LogP contribution in [0.3, 0.4) is 0 Å². The Kier molecular flexibility index (Phi) is 42.0. The average Bonchev–Trinajstić information content (AvgIpc) is 3.21. The minimum atomic E-state index is -0.0844. The van der Waals surface area contributed by atoms with Crippen molar-refractivity contribution in [3.63, 3.8) is 0 Å². The van der Waals surface area contributed by atoms with Crippen LogP contribution in [0.4, 0.5) is 0 Å². The highest BCUT2D eigenvalue weighted by atomic mass is 16.5. The van der Waals surface area contributed by atoms with Crippen LogP contribution >= 0.6 is 0 Å². The van der Waals surface area contributed by atoms with Gasteiger partial charge in [0.1, 0.15) is 12.7 Å². The van der Waals surface area contributed by atoms with Crippen molar-refractivity contribution < 1.29 is 19.1 Å². The lowest BCUT2D eigenvalue weighted by molar-refractivity contribution is -0.150. The van der Waals surface area contributed by atoms with Crippen LogP contribution in [0.2, 0.25) is 0 Å². The number of aliphatic imine (C=N–C) groups is 1. The molecule has 0 radical (unpaired) electrons. The standard InChI is InChI=1S/C49H93N5O4/c1-6-9-12-15-18-27-34-44-57-47(55)38-30-23-19-25-32-41-54(43-35-40-51-49(52-45-50)53(4)5)42-33-26-20-24-31-39-48(56)58-46(36-28-21-16-13-10-7-2)37-29-22-17-14-11-8-3/h27,34,46H,6-26,28-33,35-44H2,1-5H3,(H,51,52)/b34-27-. The van der Waals surface area contributed by atoms with Crippen molar-refractivity contribution in [2.45, 2.75) is 232 Å². The second-order valence-electron chi connectivity index (χ2n) is 16.8. The van der Waals surface area contributed by atoms with E-state index in [2.05, 4.69) is 42.1 Å². The van der Waals surface area contributed by atoms with E-state index >= 15 is 0 Å². The van der Waals surface area contributed by atoms with Crippen LogP contribution in [-0.4, -0.2) is 80.7 Å². The highest BCUT2D eigenvalue weighted by molar-refractivity contribution is 5.80. The van der Waals surface area contributed by atoms with Gasteiger partial charge in [-0.05, 0) is 90.3 Å². The Morgan fingerprint density at radius 1 is 0.603 bits per heavy atom. The molecule has 0 unspecified atom stereocenters. The first-order chi connectivity index (χ1) is 28.4. The summed E-state index contributed by atoms with van der Waals surface area (Å²) in [7, 11) is 3.78. The molecular weight excluding hydrogens is 723 g/mol. The molecule has 0 fully saturated rings. The molecule has 0 atom stereocenters. The number of esters is 2. The average molecular weight is 816 g/mol. The molecule has 0 spiro atoms. The summed E-state index contributed by atoms with van der Waals surface area (Å²) in [6.07, 6.45) is 42.5. The molecule has 0 aliphatic rings. The SMILES string of the molecule is CCCCCC/C=C\COC(=O)CCCCCCCN(CCCCCCCC(=O)OC(CCCCCCCC)CCCCCCCC)CCCN/C(=N/C#N)N(C)C. The zero-order valence-electron chi connectivity index (χ0n) is 38.8. The van der Waals surface area contributed by atoms with E-state index in [1.54, 1.807) is 0 Å². The first-order valence-corrected chi connectivity index (χ1v) is 24.5. The number of carbonyl (C=O) groups excluding carboxylic acids is 2. The minimum absolute atomic E-state index is 0.00940. The molecule has 58 heavy (non-hydrogen) atoms. The van der Waals surface area contributed by atoms with Gasteiger partial charge in [0.05, 0.1) is 0 Å². The second-order valence-corrected chi connectivity index (χ2v) is 16.8. The minimum Gasteiger partial charge on any atom is -0.462 e. The third-order valence-electron chi connectivity index (χ3n) is 11.0. The number of carbonyl (C=O) groups is 2. The number of ether oxygens (including phenoxy) is 2. The topological polar surface area (TPSA) is 107 Å². The van der Waals surface area contributed by atoms with Gasteiger partial charge in [0.2, 0.25) is 12.2 Å². The fourth-order valence-corrected chi connectivity index (χ4v) is 7.35. The molecule has 9 nitrogen and oxygen atoms in total. The van der Waals surface area contributed by atoms with Crippen LogP contribution in [0.15, 0.2) is 17.1 Å². The highest BCUT2D eigenvalue weighted by Gasteiger charge is 2.14. The lowest BCUT2D eigenvalue weighted by atomic mass is 10.0. The number of nitrogens with one attached hydrogen (secondary N) is 1. The van der Waals surface area contributed by atoms with Gasteiger partial charge < -0.3 is 24.6 Å². The maximum atomic E-state index is 12.8. The van der Waals surface area contributed by atoms with Gasteiger partial charge in [0, 0.05) is 33.5 Å². The summed E-state index contributed by atoms with van der Waals surface area (Å²) >= 11 is 0. The van der Waals surface area contributed by atoms with Gasteiger partial charge in [0.15, 0.2) is 0 Å². The monoisotopic (exact) mass is 816 g/mol. The van der Waals surface area contributed by atoms with Gasteiger partial charge in [-0.25, -0.2) is 0 Å². The Bertz CT molecular complexity index is 1010. The largest absolute Gasteiger partial charge is 0.462 e. The molecule has 0 rings (SSSR count). The van der Waals surface area contributed by atoms with Crippen molar-refractivity contribution in [2.75, 3.05) is 46.9 Å². The van der Waals surface area contributed by atoms with Gasteiger partial charge in [-0.1, -0.05) is 155 Å².